The third kappa shape index (κ3) is 1.56. The van der Waals surface area contributed by atoms with Crippen molar-refractivity contribution in [1.82, 2.24) is 0 Å². The zero-order chi connectivity index (χ0) is 11.0. The zero-order valence-electron chi connectivity index (χ0n) is 8.86. The molecule has 3 rings (SSSR count). The summed E-state index contributed by atoms with van der Waals surface area (Å²) in [7, 11) is 0. The second-order valence-corrected chi connectivity index (χ2v) is 5.30. The number of nitrogens with zero attached hydrogens (tertiary/aromatic N) is 1. The molecule has 0 bridgehead atoms. The summed E-state index contributed by atoms with van der Waals surface area (Å²) in [6, 6.07) is 10.8. The van der Waals surface area contributed by atoms with Crippen molar-refractivity contribution in [3.05, 3.63) is 29.6 Å². The minimum Gasteiger partial charge on any atom is -0.382 e. The molecule has 0 radical (unpaired) electrons. The van der Waals surface area contributed by atoms with Crippen molar-refractivity contribution in [3.8, 4) is 6.07 Å². The average Bonchev–Trinajstić information content (AvgIpc) is 3.01. The number of rotatable bonds is 3. The Labute approximate surface area is 98.5 Å². The van der Waals surface area contributed by atoms with Crippen LogP contribution in [-0.2, 0) is 0 Å². The van der Waals surface area contributed by atoms with E-state index in [9.17, 15) is 0 Å². The van der Waals surface area contributed by atoms with E-state index in [4.69, 9.17) is 5.26 Å². The van der Waals surface area contributed by atoms with Crippen molar-refractivity contribution < 1.29 is 0 Å². The average molecular weight is 228 g/mol. The molecule has 1 aromatic heterocycles. The van der Waals surface area contributed by atoms with Gasteiger partial charge in [0.05, 0.1) is 17.2 Å². The number of nitrogens with one attached hydrogen (secondary N) is 1. The normalized spacial score (nSPS) is 16.9. The Balaban J connectivity index is 1.82. The number of anilines is 1. The molecular weight excluding hydrogens is 216 g/mol. The largest absolute Gasteiger partial charge is 0.382 e. The van der Waals surface area contributed by atoms with E-state index in [-0.39, 0.29) is 5.41 Å². The quantitative estimate of drug-likeness (QED) is 0.871. The van der Waals surface area contributed by atoms with Gasteiger partial charge in [-0.05, 0) is 18.9 Å². The van der Waals surface area contributed by atoms with Crippen molar-refractivity contribution in [2.24, 2.45) is 5.41 Å². The summed E-state index contributed by atoms with van der Waals surface area (Å²) < 4.78 is 1.30. The van der Waals surface area contributed by atoms with Crippen LogP contribution in [0.4, 0.5) is 5.69 Å². The molecule has 1 aromatic carbocycles. The predicted molar refractivity (Wildman–Crippen MR) is 67.6 cm³/mol. The summed E-state index contributed by atoms with van der Waals surface area (Å²) in [5.41, 5.74) is 1.09. The predicted octanol–water partition coefficient (Wildman–Crippen LogP) is 3.62. The Morgan fingerprint density at radius 1 is 1.38 bits per heavy atom. The fourth-order valence-electron chi connectivity index (χ4n) is 1.86. The van der Waals surface area contributed by atoms with Crippen LogP contribution in [0.15, 0.2) is 29.6 Å². The molecular formula is C13H12N2S. The van der Waals surface area contributed by atoms with Crippen LogP contribution >= 0.6 is 11.3 Å². The first-order valence-corrected chi connectivity index (χ1v) is 6.32. The van der Waals surface area contributed by atoms with Crippen molar-refractivity contribution >= 4 is 27.1 Å². The third-order valence-electron chi connectivity index (χ3n) is 3.19. The molecule has 0 amide bonds. The van der Waals surface area contributed by atoms with Gasteiger partial charge in [0.1, 0.15) is 0 Å². The molecule has 0 aliphatic heterocycles. The van der Waals surface area contributed by atoms with Crippen molar-refractivity contribution in [1.29, 1.82) is 5.26 Å². The van der Waals surface area contributed by atoms with Crippen LogP contribution in [0, 0.1) is 16.7 Å². The molecule has 80 valence electrons. The molecule has 2 nitrogen and oxygen atoms in total. The van der Waals surface area contributed by atoms with E-state index >= 15 is 0 Å². The number of benzene rings is 1. The van der Waals surface area contributed by atoms with E-state index in [0.29, 0.717) is 0 Å². The van der Waals surface area contributed by atoms with Crippen LogP contribution in [0.5, 0.6) is 0 Å². The fourth-order valence-corrected chi connectivity index (χ4v) is 2.78. The number of fused-ring (bicyclic) bond motifs is 1. The fraction of sp³-hybridized carbons (Fsp3) is 0.308. The highest BCUT2D eigenvalue weighted by molar-refractivity contribution is 7.17. The lowest BCUT2D eigenvalue weighted by Gasteiger charge is -2.08. The van der Waals surface area contributed by atoms with E-state index in [2.05, 4.69) is 41.0 Å². The molecule has 0 unspecified atom stereocenters. The zero-order valence-corrected chi connectivity index (χ0v) is 9.68. The van der Waals surface area contributed by atoms with Crippen LogP contribution in [0.1, 0.15) is 12.8 Å². The number of thiophene rings is 1. The standard InChI is InChI=1S/C13H12N2S/c14-8-13(5-6-13)9-15-11-7-16-12-4-2-1-3-10(11)12/h1-4,7,15H,5-6,9H2. The summed E-state index contributed by atoms with van der Waals surface area (Å²) in [6.45, 7) is 0.782. The summed E-state index contributed by atoms with van der Waals surface area (Å²) in [5, 5.41) is 15.8. The summed E-state index contributed by atoms with van der Waals surface area (Å²) in [5.74, 6) is 0. The van der Waals surface area contributed by atoms with Gasteiger partial charge in [-0.1, -0.05) is 18.2 Å². The minimum absolute atomic E-state index is 0.0803. The van der Waals surface area contributed by atoms with Gasteiger partial charge < -0.3 is 5.32 Å². The van der Waals surface area contributed by atoms with Gasteiger partial charge in [0, 0.05) is 22.0 Å². The molecule has 1 aliphatic rings. The van der Waals surface area contributed by atoms with Crippen LogP contribution < -0.4 is 5.32 Å². The van der Waals surface area contributed by atoms with Gasteiger partial charge in [0.25, 0.3) is 0 Å². The Kier molecular flexibility index (Phi) is 2.12. The molecule has 1 aliphatic carbocycles. The van der Waals surface area contributed by atoms with Crippen LogP contribution in [-0.4, -0.2) is 6.54 Å². The highest BCUT2D eigenvalue weighted by Crippen LogP contribution is 2.45. The molecule has 0 atom stereocenters. The first-order valence-electron chi connectivity index (χ1n) is 5.44. The number of hydrogen-bond donors (Lipinski definition) is 1. The lowest BCUT2D eigenvalue weighted by molar-refractivity contribution is 0.712. The minimum atomic E-state index is -0.0803. The topological polar surface area (TPSA) is 35.8 Å². The van der Waals surface area contributed by atoms with Gasteiger partial charge >= 0.3 is 0 Å². The molecule has 1 heterocycles. The van der Waals surface area contributed by atoms with E-state index in [0.717, 1.165) is 19.4 Å². The molecule has 1 saturated carbocycles. The lowest BCUT2D eigenvalue weighted by atomic mass is 10.1. The van der Waals surface area contributed by atoms with Gasteiger partial charge in [-0.15, -0.1) is 11.3 Å². The van der Waals surface area contributed by atoms with Crippen LogP contribution in [0.25, 0.3) is 10.1 Å². The SMILES string of the molecule is N#CC1(CNc2csc3ccccc23)CC1. The van der Waals surface area contributed by atoms with Crippen molar-refractivity contribution in [2.45, 2.75) is 12.8 Å². The third-order valence-corrected chi connectivity index (χ3v) is 4.15. The van der Waals surface area contributed by atoms with E-state index in [1.807, 2.05) is 0 Å². The van der Waals surface area contributed by atoms with Crippen molar-refractivity contribution in [2.75, 3.05) is 11.9 Å². The summed E-state index contributed by atoms with van der Waals surface area (Å²) >= 11 is 1.75. The second-order valence-electron chi connectivity index (χ2n) is 4.39. The molecule has 16 heavy (non-hydrogen) atoms. The highest BCUT2D eigenvalue weighted by Gasteiger charge is 2.42. The lowest BCUT2D eigenvalue weighted by Crippen LogP contribution is -2.12. The monoisotopic (exact) mass is 228 g/mol. The maximum atomic E-state index is 9.01. The number of nitriles is 1. The molecule has 1 N–H and O–H groups in total. The van der Waals surface area contributed by atoms with Gasteiger partial charge in [-0.2, -0.15) is 5.26 Å². The maximum absolute atomic E-state index is 9.01. The second kappa shape index (κ2) is 3.50. The van der Waals surface area contributed by atoms with Crippen molar-refractivity contribution in [3.63, 3.8) is 0 Å². The summed E-state index contributed by atoms with van der Waals surface area (Å²) in [6.07, 6.45) is 2.08. The Bertz CT molecular complexity index is 561. The summed E-state index contributed by atoms with van der Waals surface area (Å²) in [4.78, 5) is 0. The first kappa shape index (κ1) is 9.68. The molecule has 3 heteroatoms. The van der Waals surface area contributed by atoms with E-state index in [1.165, 1.54) is 15.8 Å². The first-order chi connectivity index (χ1) is 7.83. The number of hydrogen-bond acceptors (Lipinski definition) is 3. The van der Waals surface area contributed by atoms with Gasteiger partial charge in [-0.3, -0.25) is 0 Å². The van der Waals surface area contributed by atoms with Gasteiger partial charge in [-0.25, -0.2) is 0 Å². The molecule has 0 spiro atoms. The maximum Gasteiger partial charge on any atom is 0.0747 e. The Morgan fingerprint density at radius 2 is 2.19 bits per heavy atom. The molecule has 1 fully saturated rings. The van der Waals surface area contributed by atoms with Gasteiger partial charge in [0.2, 0.25) is 0 Å². The van der Waals surface area contributed by atoms with E-state index < -0.39 is 0 Å². The molecule has 2 aromatic rings. The Morgan fingerprint density at radius 3 is 2.94 bits per heavy atom. The Hall–Kier alpha value is -1.53. The molecule has 0 saturated heterocycles. The smallest absolute Gasteiger partial charge is 0.0747 e. The van der Waals surface area contributed by atoms with Gasteiger partial charge in [0.15, 0.2) is 0 Å². The highest BCUT2D eigenvalue weighted by atomic mass is 32.1. The van der Waals surface area contributed by atoms with E-state index in [1.54, 1.807) is 11.3 Å². The van der Waals surface area contributed by atoms with Crippen LogP contribution in [0.3, 0.4) is 0 Å². The van der Waals surface area contributed by atoms with Crippen LogP contribution in [0.2, 0.25) is 0 Å².